The molecule has 0 fully saturated rings. The summed E-state index contributed by atoms with van der Waals surface area (Å²) in [4.78, 5) is 0. The van der Waals surface area contributed by atoms with Crippen molar-refractivity contribution in [3.63, 3.8) is 0 Å². The van der Waals surface area contributed by atoms with Gasteiger partial charge in [-0.25, -0.2) is 0 Å². The van der Waals surface area contributed by atoms with Crippen molar-refractivity contribution in [2.45, 2.75) is 6.54 Å². The summed E-state index contributed by atoms with van der Waals surface area (Å²) in [7, 11) is 0. The van der Waals surface area contributed by atoms with Crippen molar-refractivity contribution in [3.8, 4) is 23.3 Å². The minimum absolute atomic E-state index is 0.0390. The molecule has 3 rings (SSSR count). The first-order valence-corrected chi connectivity index (χ1v) is 6.62. The van der Waals surface area contributed by atoms with E-state index in [2.05, 4.69) is 0 Å². The molecule has 2 N–H and O–H groups in total. The zero-order chi connectivity index (χ0) is 14.7. The summed E-state index contributed by atoms with van der Waals surface area (Å²) < 4.78 is 7.13. The molecule has 2 aromatic carbocycles. The van der Waals surface area contributed by atoms with Gasteiger partial charge in [0.15, 0.2) is 11.8 Å². The molecule has 1 heterocycles. The zero-order valence-corrected chi connectivity index (χ0v) is 11.3. The van der Waals surface area contributed by atoms with Crippen LogP contribution in [0.25, 0.3) is 0 Å². The standard InChI is InChI=1S/C17H15NO3/c19-16-10-11-17(20)18(16)12-13-6-8-15(9-7-13)21-14-4-2-1-3-5-14/h1-11,19-20H,12H2. The van der Waals surface area contributed by atoms with Crippen molar-refractivity contribution in [1.29, 1.82) is 0 Å². The van der Waals surface area contributed by atoms with Crippen LogP contribution in [-0.4, -0.2) is 14.8 Å². The van der Waals surface area contributed by atoms with Crippen LogP contribution in [0.2, 0.25) is 0 Å². The van der Waals surface area contributed by atoms with E-state index < -0.39 is 0 Å². The topological polar surface area (TPSA) is 54.6 Å². The lowest BCUT2D eigenvalue weighted by molar-refractivity contribution is 0.377. The number of aromatic nitrogens is 1. The predicted molar refractivity (Wildman–Crippen MR) is 79.8 cm³/mol. The van der Waals surface area contributed by atoms with Gasteiger partial charge in [0, 0.05) is 12.1 Å². The van der Waals surface area contributed by atoms with E-state index in [9.17, 15) is 10.2 Å². The number of benzene rings is 2. The molecule has 4 heteroatoms. The Morgan fingerprint density at radius 3 is 1.90 bits per heavy atom. The Bertz CT molecular complexity index is 698. The van der Waals surface area contributed by atoms with Crippen molar-refractivity contribution in [2.24, 2.45) is 0 Å². The Kier molecular flexibility index (Phi) is 3.51. The number of para-hydroxylation sites is 1. The van der Waals surface area contributed by atoms with Gasteiger partial charge >= 0.3 is 0 Å². The molecule has 0 amide bonds. The van der Waals surface area contributed by atoms with Crippen LogP contribution >= 0.6 is 0 Å². The van der Waals surface area contributed by atoms with E-state index in [0.717, 1.165) is 17.1 Å². The van der Waals surface area contributed by atoms with E-state index >= 15 is 0 Å². The Morgan fingerprint density at radius 1 is 0.714 bits per heavy atom. The van der Waals surface area contributed by atoms with Gasteiger partial charge in [-0.05, 0) is 29.8 Å². The lowest BCUT2D eigenvalue weighted by Gasteiger charge is -2.09. The summed E-state index contributed by atoms with van der Waals surface area (Å²) in [6, 6.07) is 20.0. The molecule has 3 aromatic rings. The van der Waals surface area contributed by atoms with Gasteiger partial charge in [0.1, 0.15) is 11.5 Å². The van der Waals surface area contributed by atoms with E-state index in [1.807, 2.05) is 54.6 Å². The number of hydrogen-bond donors (Lipinski definition) is 2. The highest BCUT2D eigenvalue weighted by Gasteiger charge is 2.06. The van der Waals surface area contributed by atoms with Gasteiger partial charge in [-0.2, -0.15) is 0 Å². The SMILES string of the molecule is Oc1ccc(O)n1Cc1ccc(Oc2ccccc2)cc1. The van der Waals surface area contributed by atoms with Crippen molar-refractivity contribution < 1.29 is 14.9 Å². The van der Waals surface area contributed by atoms with Gasteiger partial charge in [-0.15, -0.1) is 0 Å². The molecule has 0 radical (unpaired) electrons. The van der Waals surface area contributed by atoms with E-state index in [1.54, 1.807) is 0 Å². The number of nitrogens with zero attached hydrogens (tertiary/aromatic N) is 1. The van der Waals surface area contributed by atoms with E-state index in [0.29, 0.717) is 6.54 Å². The summed E-state index contributed by atoms with van der Waals surface area (Å²) >= 11 is 0. The predicted octanol–water partition coefficient (Wildman–Crippen LogP) is 3.74. The van der Waals surface area contributed by atoms with E-state index in [4.69, 9.17) is 4.74 Å². The Labute approximate surface area is 122 Å². The van der Waals surface area contributed by atoms with Crippen molar-refractivity contribution >= 4 is 0 Å². The lowest BCUT2D eigenvalue weighted by Crippen LogP contribution is -1.98. The number of ether oxygens (including phenoxy) is 1. The third-order valence-electron chi connectivity index (χ3n) is 3.18. The number of hydrogen-bond acceptors (Lipinski definition) is 3. The normalized spacial score (nSPS) is 10.5. The van der Waals surface area contributed by atoms with E-state index in [1.165, 1.54) is 16.7 Å². The second kappa shape index (κ2) is 5.63. The van der Waals surface area contributed by atoms with Crippen LogP contribution in [0.3, 0.4) is 0 Å². The third kappa shape index (κ3) is 3.00. The highest BCUT2D eigenvalue weighted by atomic mass is 16.5. The third-order valence-corrected chi connectivity index (χ3v) is 3.18. The van der Waals surface area contributed by atoms with Gasteiger partial charge in [-0.1, -0.05) is 30.3 Å². The first-order chi connectivity index (χ1) is 10.2. The average molecular weight is 281 g/mol. The molecule has 106 valence electrons. The smallest absolute Gasteiger partial charge is 0.194 e. The first-order valence-electron chi connectivity index (χ1n) is 6.62. The molecule has 0 aliphatic carbocycles. The minimum Gasteiger partial charge on any atom is -0.494 e. The second-order valence-corrected chi connectivity index (χ2v) is 4.69. The average Bonchev–Trinajstić information content (AvgIpc) is 2.82. The molecule has 21 heavy (non-hydrogen) atoms. The quantitative estimate of drug-likeness (QED) is 0.766. The first kappa shape index (κ1) is 13.1. The van der Waals surface area contributed by atoms with Crippen LogP contribution in [-0.2, 0) is 6.54 Å². The molecule has 0 aliphatic rings. The highest BCUT2D eigenvalue weighted by Crippen LogP contribution is 2.25. The van der Waals surface area contributed by atoms with E-state index in [-0.39, 0.29) is 11.8 Å². The molecule has 0 atom stereocenters. The van der Waals surface area contributed by atoms with Crippen LogP contribution in [0, 0.1) is 0 Å². The largest absolute Gasteiger partial charge is 0.494 e. The van der Waals surface area contributed by atoms with Crippen molar-refractivity contribution in [3.05, 3.63) is 72.3 Å². The molecule has 0 unspecified atom stereocenters. The summed E-state index contributed by atoms with van der Waals surface area (Å²) in [6.45, 7) is 0.399. The summed E-state index contributed by atoms with van der Waals surface area (Å²) in [6.07, 6.45) is 0. The number of aromatic hydroxyl groups is 2. The molecule has 4 nitrogen and oxygen atoms in total. The van der Waals surface area contributed by atoms with Crippen molar-refractivity contribution in [2.75, 3.05) is 0 Å². The van der Waals surface area contributed by atoms with Gasteiger partial charge in [0.05, 0.1) is 6.54 Å². The number of rotatable bonds is 4. The molecule has 0 saturated carbocycles. The lowest BCUT2D eigenvalue weighted by atomic mass is 10.2. The molecule has 0 bridgehead atoms. The van der Waals surface area contributed by atoms with Gasteiger partial charge in [0.2, 0.25) is 0 Å². The van der Waals surface area contributed by atoms with Crippen LogP contribution in [0.15, 0.2) is 66.7 Å². The maximum atomic E-state index is 9.62. The van der Waals surface area contributed by atoms with Gasteiger partial charge in [-0.3, -0.25) is 4.57 Å². The van der Waals surface area contributed by atoms with Crippen LogP contribution in [0.4, 0.5) is 0 Å². The Morgan fingerprint density at radius 2 is 1.29 bits per heavy atom. The van der Waals surface area contributed by atoms with Crippen LogP contribution < -0.4 is 4.74 Å². The highest BCUT2D eigenvalue weighted by molar-refractivity contribution is 5.34. The second-order valence-electron chi connectivity index (χ2n) is 4.69. The van der Waals surface area contributed by atoms with Gasteiger partial charge in [0.25, 0.3) is 0 Å². The maximum absolute atomic E-state index is 9.62. The van der Waals surface area contributed by atoms with Crippen LogP contribution in [0.5, 0.6) is 23.3 Å². The molecule has 1 aromatic heterocycles. The maximum Gasteiger partial charge on any atom is 0.194 e. The van der Waals surface area contributed by atoms with Crippen LogP contribution in [0.1, 0.15) is 5.56 Å². The summed E-state index contributed by atoms with van der Waals surface area (Å²) in [5, 5.41) is 19.2. The summed E-state index contributed by atoms with van der Waals surface area (Å²) in [5.41, 5.74) is 0.956. The molecular weight excluding hydrogens is 266 g/mol. The monoisotopic (exact) mass is 281 g/mol. The molecule has 0 aliphatic heterocycles. The Hall–Kier alpha value is -2.88. The fourth-order valence-electron chi connectivity index (χ4n) is 2.08. The molecular formula is C17H15NO3. The zero-order valence-electron chi connectivity index (χ0n) is 11.3. The summed E-state index contributed by atoms with van der Waals surface area (Å²) in [5.74, 6) is 1.60. The van der Waals surface area contributed by atoms with Crippen molar-refractivity contribution in [1.82, 2.24) is 4.57 Å². The minimum atomic E-state index is 0.0390. The van der Waals surface area contributed by atoms with Gasteiger partial charge < -0.3 is 14.9 Å². The molecule has 0 saturated heterocycles. The Balaban J connectivity index is 1.72. The fraction of sp³-hybridized carbons (Fsp3) is 0.0588. The molecule has 0 spiro atoms. The fourth-order valence-corrected chi connectivity index (χ4v) is 2.08.